The summed E-state index contributed by atoms with van der Waals surface area (Å²) in [6.07, 6.45) is 0.822. The molecule has 1 aliphatic heterocycles. The van der Waals surface area contributed by atoms with Crippen molar-refractivity contribution in [2.24, 2.45) is 0 Å². The predicted molar refractivity (Wildman–Crippen MR) is 57.8 cm³/mol. The van der Waals surface area contributed by atoms with E-state index in [9.17, 15) is 9.59 Å². The van der Waals surface area contributed by atoms with E-state index in [2.05, 4.69) is 5.32 Å². The SMILES string of the molecule is O=C1CNCCCN1C(=O)c1cccs1. The van der Waals surface area contributed by atoms with Crippen LogP contribution in [0.3, 0.4) is 0 Å². The van der Waals surface area contributed by atoms with Gasteiger partial charge in [0.1, 0.15) is 0 Å². The summed E-state index contributed by atoms with van der Waals surface area (Å²) in [4.78, 5) is 25.5. The second-order valence-corrected chi connectivity index (χ2v) is 4.31. The molecule has 1 N–H and O–H groups in total. The van der Waals surface area contributed by atoms with E-state index in [1.807, 2.05) is 11.4 Å². The van der Waals surface area contributed by atoms with Crippen molar-refractivity contribution in [1.29, 1.82) is 0 Å². The zero-order chi connectivity index (χ0) is 10.7. The average molecular weight is 224 g/mol. The molecule has 1 aromatic rings. The largest absolute Gasteiger partial charge is 0.308 e. The molecule has 0 spiro atoms. The third kappa shape index (κ3) is 2.24. The van der Waals surface area contributed by atoms with E-state index in [0.29, 0.717) is 11.4 Å². The Hall–Kier alpha value is -1.20. The monoisotopic (exact) mass is 224 g/mol. The van der Waals surface area contributed by atoms with Crippen LogP contribution in [0.25, 0.3) is 0 Å². The van der Waals surface area contributed by atoms with Crippen LogP contribution in [-0.2, 0) is 4.79 Å². The summed E-state index contributed by atoms with van der Waals surface area (Å²) in [5.74, 6) is -0.301. The van der Waals surface area contributed by atoms with Crippen LogP contribution < -0.4 is 5.32 Å². The molecule has 2 amide bonds. The van der Waals surface area contributed by atoms with Crippen molar-refractivity contribution in [3.63, 3.8) is 0 Å². The zero-order valence-corrected chi connectivity index (χ0v) is 9.05. The number of rotatable bonds is 1. The number of carbonyl (C=O) groups excluding carboxylic acids is 2. The van der Waals surface area contributed by atoms with E-state index in [1.165, 1.54) is 16.2 Å². The Kier molecular flexibility index (Phi) is 3.13. The van der Waals surface area contributed by atoms with Crippen molar-refractivity contribution in [2.75, 3.05) is 19.6 Å². The molecule has 0 bridgehead atoms. The lowest BCUT2D eigenvalue weighted by atomic mass is 10.3. The Bertz CT molecular complexity index is 362. The van der Waals surface area contributed by atoms with Gasteiger partial charge in [-0.3, -0.25) is 14.5 Å². The number of hydrogen-bond donors (Lipinski definition) is 1. The van der Waals surface area contributed by atoms with Gasteiger partial charge < -0.3 is 5.32 Å². The molecule has 0 aromatic carbocycles. The molecular formula is C10H12N2O2S. The first-order chi connectivity index (χ1) is 7.29. The number of thiophene rings is 1. The molecule has 0 radical (unpaired) electrons. The molecule has 80 valence electrons. The lowest BCUT2D eigenvalue weighted by Crippen LogP contribution is -2.39. The van der Waals surface area contributed by atoms with Gasteiger partial charge >= 0.3 is 0 Å². The van der Waals surface area contributed by atoms with Crippen LogP contribution >= 0.6 is 11.3 Å². The molecule has 0 saturated carbocycles. The minimum absolute atomic E-state index is 0.133. The van der Waals surface area contributed by atoms with E-state index >= 15 is 0 Å². The standard InChI is InChI=1S/C10H12N2O2S/c13-9-7-11-4-2-5-12(9)10(14)8-3-1-6-15-8/h1,3,6,11H,2,4-5,7H2. The van der Waals surface area contributed by atoms with Crippen LogP contribution in [-0.4, -0.2) is 36.3 Å². The van der Waals surface area contributed by atoms with Gasteiger partial charge in [0.25, 0.3) is 5.91 Å². The highest BCUT2D eigenvalue weighted by Crippen LogP contribution is 2.13. The lowest BCUT2D eigenvalue weighted by Gasteiger charge is -2.16. The maximum absolute atomic E-state index is 11.9. The van der Waals surface area contributed by atoms with Crippen LogP contribution in [0.1, 0.15) is 16.1 Å². The fourth-order valence-electron chi connectivity index (χ4n) is 1.53. The summed E-state index contributed by atoms with van der Waals surface area (Å²) in [5.41, 5.74) is 0. The Morgan fingerprint density at radius 3 is 3.13 bits per heavy atom. The number of hydrogen-bond acceptors (Lipinski definition) is 4. The van der Waals surface area contributed by atoms with Crippen molar-refractivity contribution in [3.8, 4) is 0 Å². The fourth-order valence-corrected chi connectivity index (χ4v) is 2.20. The summed E-state index contributed by atoms with van der Waals surface area (Å²) in [7, 11) is 0. The first-order valence-electron chi connectivity index (χ1n) is 4.88. The molecule has 5 heteroatoms. The molecule has 2 rings (SSSR count). The van der Waals surface area contributed by atoms with E-state index in [1.54, 1.807) is 6.07 Å². The van der Waals surface area contributed by atoms with Gasteiger partial charge in [0.15, 0.2) is 0 Å². The molecule has 0 atom stereocenters. The van der Waals surface area contributed by atoms with Gasteiger partial charge in [-0.05, 0) is 24.4 Å². The number of carbonyl (C=O) groups is 2. The van der Waals surface area contributed by atoms with Gasteiger partial charge in [-0.15, -0.1) is 11.3 Å². The first-order valence-corrected chi connectivity index (χ1v) is 5.76. The summed E-state index contributed by atoms with van der Waals surface area (Å²) in [6.45, 7) is 1.57. The summed E-state index contributed by atoms with van der Waals surface area (Å²) in [5, 5.41) is 4.83. The second-order valence-electron chi connectivity index (χ2n) is 3.36. The summed E-state index contributed by atoms with van der Waals surface area (Å²) in [6, 6.07) is 3.57. The molecule has 15 heavy (non-hydrogen) atoms. The van der Waals surface area contributed by atoms with Crippen LogP contribution in [0.5, 0.6) is 0 Å². The molecular weight excluding hydrogens is 212 g/mol. The molecule has 4 nitrogen and oxygen atoms in total. The van der Waals surface area contributed by atoms with Crippen molar-refractivity contribution >= 4 is 23.2 Å². The van der Waals surface area contributed by atoms with Crippen LogP contribution in [0, 0.1) is 0 Å². The fraction of sp³-hybridized carbons (Fsp3) is 0.400. The van der Waals surface area contributed by atoms with Gasteiger partial charge in [-0.1, -0.05) is 6.07 Å². The molecule has 2 heterocycles. The molecule has 1 saturated heterocycles. The van der Waals surface area contributed by atoms with Gasteiger partial charge in [-0.25, -0.2) is 0 Å². The summed E-state index contributed by atoms with van der Waals surface area (Å²) < 4.78 is 0. The number of imide groups is 1. The highest BCUT2D eigenvalue weighted by Gasteiger charge is 2.24. The lowest BCUT2D eigenvalue weighted by molar-refractivity contribution is -0.127. The van der Waals surface area contributed by atoms with Crippen molar-refractivity contribution in [3.05, 3.63) is 22.4 Å². The normalized spacial score (nSPS) is 17.6. The minimum atomic E-state index is -0.168. The van der Waals surface area contributed by atoms with Gasteiger partial charge in [-0.2, -0.15) is 0 Å². The zero-order valence-electron chi connectivity index (χ0n) is 8.23. The molecule has 1 aromatic heterocycles. The number of amides is 2. The van der Waals surface area contributed by atoms with E-state index in [-0.39, 0.29) is 18.4 Å². The van der Waals surface area contributed by atoms with Gasteiger partial charge in [0, 0.05) is 6.54 Å². The Labute approximate surface area is 91.9 Å². The third-order valence-electron chi connectivity index (χ3n) is 2.29. The summed E-state index contributed by atoms with van der Waals surface area (Å²) >= 11 is 1.37. The average Bonchev–Trinajstić information content (AvgIpc) is 2.68. The Morgan fingerprint density at radius 1 is 1.53 bits per heavy atom. The molecule has 0 unspecified atom stereocenters. The van der Waals surface area contributed by atoms with E-state index < -0.39 is 0 Å². The van der Waals surface area contributed by atoms with Crippen LogP contribution in [0.2, 0.25) is 0 Å². The maximum atomic E-state index is 11.9. The predicted octanol–water partition coefficient (Wildman–Crippen LogP) is 0.710. The minimum Gasteiger partial charge on any atom is -0.308 e. The van der Waals surface area contributed by atoms with Gasteiger partial charge in [0.2, 0.25) is 5.91 Å². The maximum Gasteiger partial charge on any atom is 0.270 e. The van der Waals surface area contributed by atoms with E-state index in [0.717, 1.165) is 13.0 Å². The van der Waals surface area contributed by atoms with Crippen molar-refractivity contribution in [1.82, 2.24) is 10.2 Å². The van der Waals surface area contributed by atoms with Gasteiger partial charge in [0.05, 0.1) is 11.4 Å². The second kappa shape index (κ2) is 4.55. The molecule has 1 fully saturated rings. The van der Waals surface area contributed by atoms with Crippen LogP contribution in [0.15, 0.2) is 17.5 Å². The molecule has 1 aliphatic rings. The van der Waals surface area contributed by atoms with Crippen LogP contribution in [0.4, 0.5) is 0 Å². The van der Waals surface area contributed by atoms with E-state index in [4.69, 9.17) is 0 Å². The quantitative estimate of drug-likeness (QED) is 0.715. The number of nitrogens with zero attached hydrogens (tertiary/aromatic N) is 1. The van der Waals surface area contributed by atoms with Crippen molar-refractivity contribution in [2.45, 2.75) is 6.42 Å². The Morgan fingerprint density at radius 2 is 2.40 bits per heavy atom. The number of nitrogens with one attached hydrogen (secondary N) is 1. The third-order valence-corrected chi connectivity index (χ3v) is 3.15. The highest BCUT2D eigenvalue weighted by molar-refractivity contribution is 7.12. The molecule has 0 aliphatic carbocycles. The topological polar surface area (TPSA) is 49.4 Å². The van der Waals surface area contributed by atoms with Crippen molar-refractivity contribution < 1.29 is 9.59 Å². The smallest absolute Gasteiger partial charge is 0.270 e. The Balaban J connectivity index is 2.14. The highest BCUT2D eigenvalue weighted by atomic mass is 32.1. The first kappa shape index (κ1) is 10.3.